The lowest BCUT2D eigenvalue weighted by atomic mass is 10.1. The van der Waals surface area contributed by atoms with Gasteiger partial charge in [0.25, 0.3) is 0 Å². The van der Waals surface area contributed by atoms with Crippen LogP contribution in [0.2, 0.25) is 0 Å². The van der Waals surface area contributed by atoms with E-state index in [-0.39, 0.29) is 0 Å². The van der Waals surface area contributed by atoms with Crippen molar-refractivity contribution in [3.63, 3.8) is 0 Å². The van der Waals surface area contributed by atoms with Crippen LogP contribution >= 0.6 is 0 Å². The van der Waals surface area contributed by atoms with Crippen molar-refractivity contribution in [3.8, 4) is 22.6 Å². The van der Waals surface area contributed by atoms with E-state index in [0.29, 0.717) is 0 Å². The molecule has 1 N–H and O–H groups in total. The van der Waals surface area contributed by atoms with E-state index in [1.165, 1.54) is 5.56 Å². The highest BCUT2D eigenvalue weighted by atomic mass is 16.5. The second-order valence-corrected chi connectivity index (χ2v) is 5.68. The molecule has 0 fully saturated rings. The molecule has 4 heteroatoms. The molecular weight excluding hydrogens is 286 g/mol. The van der Waals surface area contributed by atoms with Crippen LogP contribution in [0.25, 0.3) is 22.6 Å². The van der Waals surface area contributed by atoms with Crippen LogP contribution in [0.5, 0.6) is 0 Å². The molecule has 114 valence electrons. The molecule has 0 spiro atoms. The highest BCUT2D eigenvalue weighted by molar-refractivity contribution is 6.00. The summed E-state index contributed by atoms with van der Waals surface area (Å²) < 4.78 is 5.49. The van der Waals surface area contributed by atoms with E-state index < -0.39 is 0 Å². The van der Waals surface area contributed by atoms with Gasteiger partial charge in [-0.15, -0.1) is 0 Å². The largest absolute Gasteiger partial charge is 0.368 e. The van der Waals surface area contributed by atoms with Gasteiger partial charge in [0.15, 0.2) is 5.76 Å². The van der Waals surface area contributed by atoms with Crippen molar-refractivity contribution in [3.05, 3.63) is 65.7 Å². The number of aryl methyl sites for hydroxylation is 1. The zero-order valence-corrected chi connectivity index (χ0v) is 12.9. The predicted octanol–water partition coefficient (Wildman–Crippen LogP) is 3.67. The third-order valence-electron chi connectivity index (χ3n) is 3.97. The van der Waals surface area contributed by atoms with Crippen LogP contribution in [0.3, 0.4) is 0 Å². The minimum atomic E-state index is 0.783. The van der Waals surface area contributed by atoms with Crippen LogP contribution in [-0.2, 0) is 0 Å². The summed E-state index contributed by atoms with van der Waals surface area (Å²) >= 11 is 0. The lowest BCUT2D eigenvalue weighted by Crippen LogP contribution is -2.19. The Morgan fingerprint density at radius 1 is 0.913 bits per heavy atom. The maximum Gasteiger partial charge on any atom is 0.167 e. The third kappa shape index (κ3) is 2.75. The molecule has 0 unspecified atom stereocenters. The highest BCUT2D eigenvalue weighted by Crippen LogP contribution is 2.26. The fraction of sp³-hybridized carbons (Fsp3) is 0.158. The number of nitrogens with one attached hydrogen (secondary N) is 1. The Morgan fingerprint density at radius 2 is 1.61 bits per heavy atom. The van der Waals surface area contributed by atoms with Gasteiger partial charge in [-0.1, -0.05) is 59.3 Å². The van der Waals surface area contributed by atoms with Gasteiger partial charge >= 0.3 is 0 Å². The number of aromatic nitrogens is 1. The molecule has 0 aliphatic carbocycles. The first-order chi connectivity index (χ1) is 11.3. The van der Waals surface area contributed by atoms with Crippen LogP contribution in [0.15, 0.2) is 64.1 Å². The van der Waals surface area contributed by atoms with E-state index in [2.05, 4.69) is 58.8 Å². The molecule has 4 nitrogen and oxygen atoms in total. The van der Waals surface area contributed by atoms with Gasteiger partial charge in [-0.25, -0.2) is 0 Å². The first kappa shape index (κ1) is 13.8. The normalized spacial score (nSPS) is 13.7. The number of hydrogen-bond acceptors (Lipinski definition) is 4. The summed E-state index contributed by atoms with van der Waals surface area (Å²) in [5.41, 5.74) is 5.25. The Kier molecular flexibility index (Phi) is 3.42. The van der Waals surface area contributed by atoms with Crippen molar-refractivity contribution in [1.29, 1.82) is 0 Å². The lowest BCUT2D eigenvalue weighted by molar-refractivity contribution is 0.435. The Balaban J connectivity index is 1.60. The zero-order valence-electron chi connectivity index (χ0n) is 12.9. The van der Waals surface area contributed by atoms with E-state index >= 15 is 0 Å². The van der Waals surface area contributed by atoms with Gasteiger partial charge in [0.05, 0.1) is 6.54 Å². The molecule has 2 heterocycles. The molecule has 3 aromatic rings. The zero-order chi connectivity index (χ0) is 15.6. The van der Waals surface area contributed by atoms with Gasteiger partial charge in [0.2, 0.25) is 0 Å². The summed E-state index contributed by atoms with van der Waals surface area (Å²) in [5, 5.41) is 7.47. The fourth-order valence-electron chi connectivity index (χ4n) is 2.66. The summed E-state index contributed by atoms with van der Waals surface area (Å²) in [4.78, 5) is 4.43. The lowest BCUT2D eigenvalue weighted by Gasteiger charge is -2.02. The first-order valence-corrected chi connectivity index (χ1v) is 7.72. The molecule has 0 amide bonds. The molecular formula is C19H17N3O. The Morgan fingerprint density at radius 3 is 2.30 bits per heavy atom. The maximum absolute atomic E-state index is 5.49. The standard InChI is InChI=1S/C19H17N3O/c1-13-2-4-15(5-3-13)18-12-17(22-23-18)14-6-8-16(9-7-14)19-20-10-11-21-19/h2-9,12H,10-11H2,1H3,(H,20,21). The molecule has 4 rings (SSSR count). The van der Waals surface area contributed by atoms with Crippen molar-refractivity contribution < 1.29 is 4.52 Å². The van der Waals surface area contributed by atoms with Gasteiger partial charge in [0.1, 0.15) is 11.5 Å². The molecule has 1 aliphatic rings. The van der Waals surface area contributed by atoms with E-state index in [1.807, 2.05) is 18.2 Å². The maximum atomic E-state index is 5.49. The van der Waals surface area contributed by atoms with Crippen LogP contribution in [-0.4, -0.2) is 24.1 Å². The molecule has 0 atom stereocenters. The summed E-state index contributed by atoms with van der Waals surface area (Å²) in [6.07, 6.45) is 0. The van der Waals surface area contributed by atoms with Crippen LogP contribution in [0, 0.1) is 6.92 Å². The van der Waals surface area contributed by atoms with Crippen molar-refractivity contribution in [2.45, 2.75) is 6.92 Å². The molecule has 0 radical (unpaired) electrons. The number of benzene rings is 2. The van der Waals surface area contributed by atoms with E-state index in [4.69, 9.17) is 4.52 Å². The minimum absolute atomic E-state index is 0.783. The topological polar surface area (TPSA) is 50.4 Å². The van der Waals surface area contributed by atoms with E-state index in [1.54, 1.807) is 0 Å². The molecule has 1 aromatic heterocycles. The molecule has 23 heavy (non-hydrogen) atoms. The highest BCUT2D eigenvalue weighted by Gasteiger charge is 2.11. The van der Waals surface area contributed by atoms with Gasteiger partial charge in [0, 0.05) is 29.3 Å². The Bertz CT molecular complexity index is 845. The van der Waals surface area contributed by atoms with Crippen LogP contribution < -0.4 is 5.32 Å². The minimum Gasteiger partial charge on any atom is -0.368 e. The molecule has 0 saturated heterocycles. The number of amidine groups is 1. The molecule has 0 bridgehead atoms. The summed E-state index contributed by atoms with van der Waals surface area (Å²) in [6, 6.07) is 18.4. The second kappa shape index (κ2) is 5.72. The van der Waals surface area contributed by atoms with Crippen molar-refractivity contribution >= 4 is 5.84 Å². The first-order valence-electron chi connectivity index (χ1n) is 7.72. The Hall–Kier alpha value is -2.88. The second-order valence-electron chi connectivity index (χ2n) is 5.68. The molecule has 2 aromatic carbocycles. The average molecular weight is 303 g/mol. The number of aliphatic imine (C=N–C) groups is 1. The van der Waals surface area contributed by atoms with Gasteiger partial charge in [-0.2, -0.15) is 0 Å². The van der Waals surface area contributed by atoms with Crippen LogP contribution in [0.1, 0.15) is 11.1 Å². The monoisotopic (exact) mass is 303 g/mol. The summed E-state index contributed by atoms with van der Waals surface area (Å²) in [5.74, 6) is 1.75. The van der Waals surface area contributed by atoms with Crippen molar-refractivity contribution in [1.82, 2.24) is 10.5 Å². The number of hydrogen-bond donors (Lipinski definition) is 1. The fourth-order valence-corrected chi connectivity index (χ4v) is 2.66. The van der Waals surface area contributed by atoms with Crippen molar-refractivity contribution in [2.75, 3.05) is 13.1 Å². The van der Waals surface area contributed by atoms with E-state index in [0.717, 1.165) is 47.1 Å². The third-order valence-corrected chi connectivity index (χ3v) is 3.97. The summed E-state index contributed by atoms with van der Waals surface area (Å²) in [6.45, 7) is 3.83. The smallest absolute Gasteiger partial charge is 0.167 e. The summed E-state index contributed by atoms with van der Waals surface area (Å²) in [7, 11) is 0. The van der Waals surface area contributed by atoms with Gasteiger partial charge in [-0.3, -0.25) is 4.99 Å². The van der Waals surface area contributed by atoms with Crippen molar-refractivity contribution in [2.24, 2.45) is 4.99 Å². The molecule has 1 aliphatic heterocycles. The number of rotatable bonds is 3. The van der Waals surface area contributed by atoms with Gasteiger partial charge in [-0.05, 0) is 6.92 Å². The number of nitrogens with zero attached hydrogens (tertiary/aromatic N) is 2. The SMILES string of the molecule is Cc1ccc(-c2cc(-c3ccc(C4=NCCN4)cc3)no2)cc1. The quantitative estimate of drug-likeness (QED) is 0.803. The van der Waals surface area contributed by atoms with E-state index in [9.17, 15) is 0 Å². The predicted molar refractivity (Wildman–Crippen MR) is 91.5 cm³/mol. The average Bonchev–Trinajstić information content (AvgIpc) is 3.28. The Labute approximate surface area is 134 Å². The molecule has 0 saturated carbocycles. The van der Waals surface area contributed by atoms with Gasteiger partial charge < -0.3 is 9.84 Å². The van der Waals surface area contributed by atoms with Crippen LogP contribution in [0.4, 0.5) is 0 Å².